The fourth-order valence-corrected chi connectivity index (χ4v) is 1.71. The van der Waals surface area contributed by atoms with Gasteiger partial charge in [0, 0.05) is 13.7 Å². The fourth-order valence-electron chi connectivity index (χ4n) is 1.71. The van der Waals surface area contributed by atoms with Gasteiger partial charge in [0.25, 0.3) is 0 Å². The summed E-state index contributed by atoms with van der Waals surface area (Å²) in [5, 5.41) is 8.97. The van der Waals surface area contributed by atoms with Crippen molar-refractivity contribution in [2.75, 3.05) is 20.2 Å². The Hall–Kier alpha value is -0.590. The predicted octanol–water partition coefficient (Wildman–Crippen LogP) is 1.40. The minimum Gasteiger partial charge on any atom is -0.380 e. The molecular formula is C10H18N2O. The van der Waals surface area contributed by atoms with Crippen LogP contribution in [0, 0.1) is 11.3 Å². The fraction of sp³-hybridized carbons (Fsp3) is 0.900. The Bertz CT molecular complexity index is 207. The SMILES string of the molecule is COC1CCCN(C(C)(C)C#N)C1. The van der Waals surface area contributed by atoms with E-state index in [4.69, 9.17) is 10.00 Å². The van der Waals surface area contributed by atoms with Crippen LogP contribution in [-0.2, 0) is 4.74 Å². The Morgan fingerprint density at radius 2 is 2.23 bits per heavy atom. The maximum atomic E-state index is 8.97. The monoisotopic (exact) mass is 182 g/mol. The van der Waals surface area contributed by atoms with E-state index in [1.807, 2.05) is 13.8 Å². The molecule has 1 atom stereocenters. The van der Waals surface area contributed by atoms with E-state index in [2.05, 4.69) is 11.0 Å². The van der Waals surface area contributed by atoms with Gasteiger partial charge in [-0.25, -0.2) is 0 Å². The lowest BCUT2D eigenvalue weighted by Crippen LogP contribution is -2.50. The van der Waals surface area contributed by atoms with E-state index >= 15 is 0 Å². The summed E-state index contributed by atoms with van der Waals surface area (Å²) in [4.78, 5) is 2.20. The van der Waals surface area contributed by atoms with Gasteiger partial charge in [-0.15, -0.1) is 0 Å². The molecule has 1 unspecified atom stereocenters. The third-order valence-electron chi connectivity index (χ3n) is 2.78. The summed E-state index contributed by atoms with van der Waals surface area (Å²) in [6, 6.07) is 2.33. The summed E-state index contributed by atoms with van der Waals surface area (Å²) in [5.74, 6) is 0. The van der Waals surface area contributed by atoms with Crippen LogP contribution in [0.2, 0.25) is 0 Å². The number of likely N-dealkylation sites (tertiary alicyclic amines) is 1. The van der Waals surface area contributed by atoms with Gasteiger partial charge in [0.15, 0.2) is 0 Å². The predicted molar refractivity (Wildman–Crippen MR) is 51.3 cm³/mol. The Kier molecular flexibility index (Phi) is 3.29. The molecule has 0 aromatic carbocycles. The second-order valence-electron chi connectivity index (χ2n) is 4.12. The lowest BCUT2D eigenvalue weighted by molar-refractivity contribution is 0.00624. The molecule has 0 radical (unpaired) electrons. The van der Waals surface area contributed by atoms with Gasteiger partial charge >= 0.3 is 0 Å². The van der Waals surface area contributed by atoms with Crippen molar-refractivity contribution in [3.05, 3.63) is 0 Å². The molecule has 1 fully saturated rings. The average molecular weight is 182 g/mol. The van der Waals surface area contributed by atoms with Gasteiger partial charge in [-0.2, -0.15) is 5.26 Å². The van der Waals surface area contributed by atoms with E-state index in [0.29, 0.717) is 6.10 Å². The summed E-state index contributed by atoms with van der Waals surface area (Å²) in [6.07, 6.45) is 2.55. The molecule has 3 nitrogen and oxygen atoms in total. The molecule has 13 heavy (non-hydrogen) atoms. The van der Waals surface area contributed by atoms with Gasteiger partial charge in [0.1, 0.15) is 5.54 Å². The minimum absolute atomic E-state index is 0.307. The minimum atomic E-state index is -0.350. The van der Waals surface area contributed by atoms with E-state index in [1.54, 1.807) is 7.11 Å². The van der Waals surface area contributed by atoms with Gasteiger partial charge < -0.3 is 4.74 Å². The van der Waals surface area contributed by atoms with Crippen molar-refractivity contribution in [1.82, 2.24) is 4.90 Å². The van der Waals surface area contributed by atoms with Crippen LogP contribution in [-0.4, -0.2) is 36.7 Å². The van der Waals surface area contributed by atoms with Crippen LogP contribution in [0.4, 0.5) is 0 Å². The first kappa shape index (κ1) is 10.5. The zero-order valence-corrected chi connectivity index (χ0v) is 8.71. The van der Waals surface area contributed by atoms with Crippen LogP contribution in [0.25, 0.3) is 0 Å². The molecule has 1 aliphatic rings. The molecule has 74 valence electrons. The lowest BCUT2D eigenvalue weighted by Gasteiger charge is -2.39. The largest absolute Gasteiger partial charge is 0.380 e. The standard InChI is InChI=1S/C10H18N2O/c1-10(2,8-11)12-6-4-5-9(7-12)13-3/h9H,4-7H2,1-3H3. The average Bonchev–Trinajstić information content (AvgIpc) is 2.18. The molecule has 0 aromatic heterocycles. The molecule has 1 rings (SSSR count). The number of hydrogen-bond acceptors (Lipinski definition) is 3. The number of nitriles is 1. The Labute approximate surface area is 80.3 Å². The van der Waals surface area contributed by atoms with Gasteiger partial charge in [0.05, 0.1) is 12.2 Å². The highest BCUT2D eigenvalue weighted by Crippen LogP contribution is 2.21. The van der Waals surface area contributed by atoms with Gasteiger partial charge in [-0.05, 0) is 33.2 Å². The highest BCUT2D eigenvalue weighted by atomic mass is 16.5. The van der Waals surface area contributed by atoms with E-state index in [9.17, 15) is 0 Å². The van der Waals surface area contributed by atoms with Crippen LogP contribution in [0.3, 0.4) is 0 Å². The first-order valence-corrected chi connectivity index (χ1v) is 4.79. The molecule has 0 saturated carbocycles. The quantitative estimate of drug-likeness (QED) is 0.647. The third-order valence-corrected chi connectivity index (χ3v) is 2.78. The number of nitrogens with zero attached hydrogens (tertiary/aromatic N) is 2. The zero-order chi connectivity index (χ0) is 9.90. The topological polar surface area (TPSA) is 36.3 Å². The smallest absolute Gasteiger partial charge is 0.103 e. The molecule has 0 spiro atoms. The van der Waals surface area contributed by atoms with Crippen molar-refractivity contribution < 1.29 is 4.74 Å². The molecule has 1 saturated heterocycles. The van der Waals surface area contributed by atoms with Crippen LogP contribution in [0.15, 0.2) is 0 Å². The van der Waals surface area contributed by atoms with Crippen LogP contribution in [0.1, 0.15) is 26.7 Å². The molecule has 3 heteroatoms. The summed E-state index contributed by atoms with van der Waals surface area (Å²) < 4.78 is 5.31. The molecule has 0 N–H and O–H groups in total. The normalized spacial score (nSPS) is 25.5. The molecule has 0 aliphatic carbocycles. The molecular weight excluding hydrogens is 164 g/mol. The Morgan fingerprint density at radius 1 is 1.54 bits per heavy atom. The van der Waals surface area contributed by atoms with Crippen LogP contribution < -0.4 is 0 Å². The van der Waals surface area contributed by atoms with Crippen LogP contribution in [0.5, 0.6) is 0 Å². The van der Waals surface area contributed by atoms with Gasteiger partial charge in [-0.3, -0.25) is 4.90 Å². The molecule has 0 bridgehead atoms. The van der Waals surface area contributed by atoms with E-state index in [0.717, 1.165) is 25.9 Å². The van der Waals surface area contributed by atoms with Crippen molar-refractivity contribution in [2.24, 2.45) is 0 Å². The van der Waals surface area contributed by atoms with Crippen LogP contribution >= 0.6 is 0 Å². The highest BCUT2D eigenvalue weighted by molar-refractivity contribution is 5.03. The van der Waals surface area contributed by atoms with Gasteiger partial charge in [-0.1, -0.05) is 0 Å². The molecule has 1 aliphatic heterocycles. The third kappa shape index (κ3) is 2.43. The van der Waals surface area contributed by atoms with E-state index in [1.165, 1.54) is 0 Å². The number of rotatable bonds is 2. The molecule has 0 amide bonds. The summed E-state index contributed by atoms with van der Waals surface area (Å²) >= 11 is 0. The number of ether oxygens (including phenoxy) is 1. The molecule has 1 heterocycles. The van der Waals surface area contributed by atoms with E-state index in [-0.39, 0.29) is 5.54 Å². The molecule has 0 aromatic rings. The van der Waals surface area contributed by atoms with Crippen molar-refractivity contribution in [3.8, 4) is 6.07 Å². The highest BCUT2D eigenvalue weighted by Gasteiger charge is 2.31. The van der Waals surface area contributed by atoms with Gasteiger partial charge in [0.2, 0.25) is 0 Å². The Morgan fingerprint density at radius 3 is 2.77 bits per heavy atom. The van der Waals surface area contributed by atoms with Crippen molar-refractivity contribution >= 4 is 0 Å². The first-order chi connectivity index (χ1) is 6.10. The summed E-state index contributed by atoms with van der Waals surface area (Å²) in [6.45, 7) is 5.83. The lowest BCUT2D eigenvalue weighted by atomic mass is 9.99. The second kappa shape index (κ2) is 4.08. The van der Waals surface area contributed by atoms with Crippen molar-refractivity contribution in [1.29, 1.82) is 5.26 Å². The summed E-state index contributed by atoms with van der Waals surface area (Å²) in [7, 11) is 1.74. The second-order valence-corrected chi connectivity index (χ2v) is 4.12. The first-order valence-electron chi connectivity index (χ1n) is 4.79. The Balaban J connectivity index is 2.57. The summed E-state index contributed by atoms with van der Waals surface area (Å²) in [5.41, 5.74) is -0.350. The zero-order valence-electron chi connectivity index (χ0n) is 8.71. The number of piperidine rings is 1. The maximum absolute atomic E-state index is 8.97. The number of hydrogen-bond donors (Lipinski definition) is 0. The van der Waals surface area contributed by atoms with Crippen molar-refractivity contribution in [2.45, 2.75) is 38.3 Å². The number of methoxy groups -OCH3 is 1. The van der Waals surface area contributed by atoms with E-state index < -0.39 is 0 Å². The maximum Gasteiger partial charge on any atom is 0.103 e. The van der Waals surface area contributed by atoms with Crippen molar-refractivity contribution in [3.63, 3.8) is 0 Å².